The Morgan fingerprint density at radius 3 is 2.50 bits per heavy atom. The van der Waals surface area contributed by atoms with Crippen molar-refractivity contribution in [2.45, 2.75) is 46.1 Å². The molecule has 1 aromatic heterocycles. The van der Waals surface area contributed by atoms with Gasteiger partial charge >= 0.3 is 0 Å². The van der Waals surface area contributed by atoms with Crippen molar-refractivity contribution in [1.82, 2.24) is 4.57 Å². The maximum absolute atomic E-state index is 5.60. The number of rotatable bonds is 6. The fraction of sp³-hybridized carbons (Fsp3) is 0.667. The third-order valence-corrected chi connectivity index (χ3v) is 2.66. The zero-order chi connectivity index (χ0) is 10.4. The van der Waals surface area contributed by atoms with E-state index in [-0.39, 0.29) is 0 Å². The van der Waals surface area contributed by atoms with Crippen molar-refractivity contribution in [3.8, 4) is 0 Å². The van der Waals surface area contributed by atoms with E-state index >= 15 is 0 Å². The first kappa shape index (κ1) is 11.3. The summed E-state index contributed by atoms with van der Waals surface area (Å²) in [6, 6.07) is 4.46. The zero-order valence-corrected chi connectivity index (χ0v) is 9.42. The summed E-state index contributed by atoms with van der Waals surface area (Å²) in [6.45, 7) is 6.35. The smallest absolute Gasteiger partial charge is 0.0224 e. The standard InChI is InChI=1S/C12H22N2/c1-3-5-10-14-11(4-2)6-7-12(14)8-9-13/h6-7H,3-5,8-10,13H2,1-2H3. The highest BCUT2D eigenvalue weighted by atomic mass is 15.0. The van der Waals surface area contributed by atoms with Crippen LogP contribution >= 0.6 is 0 Å². The molecule has 0 aliphatic rings. The number of hydrogen-bond donors (Lipinski definition) is 1. The third kappa shape index (κ3) is 2.61. The van der Waals surface area contributed by atoms with Crippen LogP contribution in [-0.4, -0.2) is 11.1 Å². The molecule has 14 heavy (non-hydrogen) atoms. The van der Waals surface area contributed by atoms with Crippen LogP contribution in [0.15, 0.2) is 12.1 Å². The van der Waals surface area contributed by atoms with E-state index in [1.54, 1.807) is 0 Å². The van der Waals surface area contributed by atoms with Gasteiger partial charge in [-0.05, 0) is 37.9 Å². The first-order valence-electron chi connectivity index (χ1n) is 5.70. The average molecular weight is 194 g/mol. The fourth-order valence-corrected chi connectivity index (χ4v) is 1.84. The lowest BCUT2D eigenvalue weighted by atomic mass is 10.3. The lowest BCUT2D eigenvalue weighted by Crippen LogP contribution is -2.11. The van der Waals surface area contributed by atoms with Crippen LogP contribution in [0.2, 0.25) is 0 Å². The molecule has 1 rings (SSSR count). The number of nitrogens with two attached hydrogens (primary N) is 1. The Labute approximate surface area is 87.1 Å². The Kier molecular flexibility index (Phi) is 4.74. The normalized spacial score (nSPS) is 10.8. The summed E-state index contributed by atoms with van der Waals surface area (Å²) in [4.78, 5) is 0. The predicted octanol–water partition coefficient (Wildman–Crippen LogP) is 2.35. The SMILES string of the molecule is CCCCn1c(CC)ccc1CCN. The van der Waals surface area contributed by atoms with Crippen LogP contribution in [0.25, 0.3) is 0 Å². The van der Waals surface area contributed by atoms with E-state index in [0.717, 1.165) is 25.9 Å². The first-order valence-corrected chi connectivity index (χ1v) is 5.70. The van der Waals surface area contributed by atoms with E-state index in [9.17, 15) is 0 Å². The molecule has 0 fully saturated rings. The van der Waals surface area contributed by atoms with Crippen LogP contribution in [0.5, 0.6) is 0 Å². The summed E-state index contributed by atoms with van der Waals surface area (Å²) in [6.07, 6.45) is 4.64. The minimum absolute atomic E-state index is 0.749. The van der Waals surface area contributed by atoms with Gasteiger partial charge in [0, 0.05) is 17.9 Å². The molecule has 0 saturated heterocycles. The van der Waals surface area contributed by atoms with Crippen LogP contribution in [0, 0.1) is 0 Å². The molecular formula is C12H22N2. The molecular weight excluding hydrogens is 172 g/mol. The van der Waals surface area contributed by atoms with Crippen molar-refractivity contribution >= 4 is 0 Å². The Morgan fingerprint density at radius 1 is 1.21 bits per heavy atom. The molecule has 1 aromatic rings. The quantitative estimate of drug-likeness (QED) is 0.740. The summed E-state index contributed by atoms with van der Waals surface area (Å²) in [5, 5.41) is 0. The minimum Gasteiger partial charge on any atom is -0.349 e. The minimum atomic E-state index is 0.749. The maximum Gasteiger partial charge on any atom is 0.0224 e. The number of aromatic nitrogens is 1. The van der Waals surface area contributed by atoms with Gasteiger partial charge in [0.05, 0.1) is 0 Å². The highest BCUT2D eigenvalue weighted by Gasteiger charge is 2.04. The van der Waals surface area contributed by atoms with Gasteiger partial charge in [-0.25, -0.2) is 0 Å². The predicted molar refractivity (Wildman–Crippen MR) is 61.5 cm³/mol. The summed E-state index contributed by atoms with van der Waals surface area (Å²) in [7, 11) is 0. The molecule has 0 bridgehead atoms. The van der Waals surface area contributed by atoms with Crippen LogP contribution in [0.4, 0.5) is 0 Å². The Bertz CT molecular complexity index is 263. The lowest BCUT2D eigenvalue weighted by Gasteiger charge is -2.11. The Balaban J connectivity index is 2.76. The Morgan fingerprint density at radius 2 is 1.93 bits per heavy atom. The van der Waals surface area contributed by atoms with Gasteiger partial charge in [0.15, 0.2) is 0 Å². The van der Waals surface area contributed by atoms with E-state index in [1.807, 2.05) is 0 Å². The summed E-state index contributed by atoms with van der Waals surface area (Å²) in [5.41, 5.74) is 8.44. The number of nitrogens with zero attached hydrogens (tertiary/aromatic N) is 1. The molecule has 0 saturated carbocycles. The van der Waals surface area contributed by atoms with Gasteiger partial charge in [0.2, 0.25) is 0 Å². The Hall–Kier alpha value is -0.760. The van der Waals surface area contributed by atoms with Crippen LogP contribution < -0.4 is 5.73 Å². The molecule has 0 amide bonds. The molecule has 0 aliphatic carbocycles. The second-order valence-electron chi connectivity index (χ2n) is 3.71. The van der Waals surface area contributed by atoms with Crippen molar-refractivity contribution in [3.05, 3.63) is 23.5 Å². The molecule has 0 radical (unpaired) electrons. The van der Waals surface area contributed by atoms with E-state index in [2.05, 4.69) is 30.5 Å². The van der Waals surface area contributed by atoms with Gasteiger partial charge in [-0.15, -0.1) is 0 Å². The van der Waals surface area contributed by atoms with E-state index in [4.69, 9.17) is 5.73 Å². The second-order valence-corrected chi connectivity index (χ2v) is 3.71. The fourth-order valence-electron chi connectivity index (χ4n) is 1.84. The highest BCUT2D eigenvalue weighted by molar-refractivity contribution is 5.16. The van der Waals surface area contributed by atoms with Gasteiger partial charge < -0.3 is 10.3 Å². The lowest BCUT2D eigenvalue weighted by molar-refractivity contribution is 0.589. The molecule has 80 valence electrons. The van der Waals surface area contributed by atoms with Gasteiger partial charge in [-0.3, -0.25) is 0 Å². The van der Waals surface area contributed by atoms with Crippen molar-refractivity contribution in [1.29, 1.82) is 0 Å². The van der Waals surface area contributed by atoms with E-state index in [0.29, 0.717) is 0 Å². The monoisotopic (exact) mass is 194 g/mol. The van der Waals surface area contributed by atoms with Gasteiger partial charge in [-0.2, -0.15) is 0 Å². The van der Waals surface area contributed by atoms with Crippen molar-refractivity contribution in [3.63, 3.8) is 0 Å². The first-order chi connectivity index (χ1) is 6.83. The van der Waals surface area contributed by atoms with Crippen molar-refractivity contribution < 1.29 is 0 Å². The zero-order valence-electron chi connectivity index (χ0n) is 9.42. The molecule has 0 spiro atoms. The average Bonchev–Trinajstić information content (AvgIpc) is 2.58. The van der Waals surface area contributed by atoms with E-state index in [1.165, 1.54) is 24.2 Å². The van der Waals surface area contributed by atoms with Crippen molar-refractivity contribution in [2.24, 2.45) is 5.73 Å². The van der Waals surface area contributed by atoms with Crippen LogP contribution in [-0.2, 0) is 19.4 Å². The van der Waals surface area contributed by atoms with Crippen LogP contribution in [0.3, 0.4) is 0 Å². The van der Waals surface area contributed by atoms with Crippen molar-refractivity contribution in [2.75, 3.05) is 6.54 Å². The van der Waals surface area contributed by atoms with Crippen LogP contribution in [0.1, 0.15) is 38.1 Å². The molecule has 2 nitrogen and oxygen atoms in total. The number of unbranched alkanes of at least 4 members (excludes halogenated alkanes) is 1. The molecule has 2 N–H and O–H groups in total. The summed E-state index contributed by atoms with van der Waals surface area (Å²) >= 11 is 0. The summed E-state index contributed by atoms with van der Waals surface area (Å²) in [5.74, 6) is 0. The summed E-state index contributed by atoms with van der Waals surface area (Å²) < 4.78 is 2.44. The molecule has 0 atom stereocenters. The number of aryl methyl sites for hydroxylation is 1. The van der Waals surface area contributed by atoms with E-state index < -0.39 is 0 Å². The molecule has 0 aromatic carbocycles. The largest absolute Gasteiger partial charge is 0.349 e. The molecule has 1 heterocycles. The molecule has 2 heteroatoms. The second kappa shape index (κ2) is 5.86. The van der Waals surface area contributed by atoms with Gasteiger partial charge in [0.1, 0.15) is 0 Å². The van der Waals surface area contributed by atoms with Gasteiger partial charge in [-0.1, -0.05) is 20.3 Å². The highest BCUT2D eigenvalue weighted by Crippen LogP contribution is 2.12. The third-order valence-electron chi connectivity index (χ3n) is 2.66. The number of hydrogen-bond acceptors (Lipinski definition) is 1. The molecule has 0 aliphatic heterocycles. The van der Waals surface area contributed by atoms with Gasteiger partial charge in [0.25, 0.3) is 0 Å². The maximum atomic E-state index is 5.60. The topological polar surface area (TPSA) is 30.9 Å². The molecule has 0 unspecified atom stereocenters.